The van der Waals surface area contributed by atoms with Gasteiger partial charge in [0.15, 0.2) is 0 Å². The highest BCUT2D eigenvalue weighted by Crippen LogP contribution is 2.42. The van der Waals surface area contributed by atoms with Crippen molar-refractivity contribution in [2.24, 2.45) is 4.99 Å². The molecule has 0 aromatic heterocycles. The van der Waals surface area contributed by atoms with E-state index in [1.54, 1.807) is 48.4 Å². The van der Waals surface area contributed by atoms with Crippen molar-refractivity contribution in [3.05, 3.63) is 65.5 Å². The number of halogens is 1. The lowest BCUT2D eigenvalue weighted by Crippen LogP contribution is -2.48. The Kier molecular flexibility index (Phi) is 4.52. The Morgan fingerprint density at radius 3 is 2.33 bits per heavy atom. The lowest BCUT2D eigenvalue weighted by Gasteiger charge is -2.32. The third-order valence-corrected chi connectivity index (χ3v) is 5.58. The number of thiocarbonyl (C=S) groups is 1. The molecule has 4 rings (SSSR count). The number of carbonyl (C=O) groups excluding carboxylic acids is 1. The number of aliphatic imine (C=N–C) groups is 1. The van der Waals surface area contributed by atoms with Crippen molar-refractivity contribution in [1.82, 2.24) is 4.90 Å². The maximum Gasteiger partial charge on any atom is 0.260 e. The fraction of sp³-hybridized carbons (Fsp3) is 0.286. The highest BCUT2D eigenvalue weighted by molar-refractivity contribution is 7.82. The Bertz CT molecular complexity index is 916. The fourth-order valence-electron chi connectivity index (χ4n) is 3.82. The summed E-state index contributed by atoms with van der Waals surface area (Å²) >= 11 is 5.67. The van der Waals surface area contributed by atoms with Crippen molar-refractivity contribution in [2.45, 2.75) is 31.3 Å². The van der Waals surface area contributed by atoms with E-state index < -0.39 is 5.66 Å². The molecule has 0 unspecified atom stereocenters. The average Bonchev–Trinajstić information content (AvgIpc) is 3.27. The Balaban J connectivity index is 1.72. The normalized spacial score (nSPS) is 18.1. The Labute approximate surface area is 162 Å². The van der Waals surface area contributed by atoms with Crippen LogP contribution in [0, 0.1) is 5.82 Å². The minimum absolute atomic E-state index is 0.162. The van der Waals surface area contributed by atoms with Crippen LogP contribution in [0.2, 0.25) is 0 Å². The maximum absolute atomic E-state index is 13.3. The first-order valence-electron chi connectivity index (χ1n) is 8.93. The molecule has 2 aliphatic rings. The Hall–Kier alpha value is -2.60. The molecule has 1 aliphatic carbocycles. The first kappa shape index (κ1) is 17.8. The van der Waals surface area contributed by atoms with E-state index in [0.717, 1.165) is 31.2 Å². The number of rotatable bonds is 3. The summed E-state index contributed by atoms with van der Waals surface area (Å²) in [7, 11) is 1.59. The molecule has 138 valence electrons. The minimum atomic E-state index is -0.627. The van der Waals surface area contributed by atoms with Crippen LogP contribution in [0.4, 0.5) is 4.39 Å². The smallest absolute Gasteiger partial charge is 0.260 e. The summed E-state index contributed by atoms with van der Waals surface area (Å²) in [5, 5.41) is 0. The van der Waals surface area contributed by atoms with Gasteiger partial charge in [-0.3, -0.25) is 14.7 Å². The van der Waals surface area contributed by atoms with Gasteiger partial charge in [0.05, 0.1) is 7.11 Å². The fourth-order valence-corrected chi connectivity index (χ4v) is 4.23. The van der Waals surface area contributed by atoms with Crippen LogP contribution in [-0.4, -0.2) is 34.3 Å². The van der Waals surface area contributed by atoms with Crippen molar-refractivity contribution < 1.29 is 13.9 Å². The van der Waals surface area contributed by atoms with E-state index in [9.17, 15) is 9.18 Å². The van der Waals surface area contributed by atoms with Crippen molar-refractivity contribution in [3.63, 3.8) is 0 Å². The zero-order valence-corrected chi connectivity index (χ0v) is 15.8. The van der Waals surface area contributed by atoms with Gasteiger partial charge in [-0.05, 0) is 74.2 Å². The van der Waals surface area contributed by atoms with Crippen LogP contribution in [0.25, 0.3) is 0 Å². The average molecular weight is 382 g/mol. The molecule has 0 bridgehead atoms. The highest BCUT2D eigenvalue weighted by Gasteiger charge is 2.50. The highest BCUT2D eigenvalue weighted by atomic mass is 32.1. The van der Waals surface area contributed by atoms with Crippen LogP contribution in [0.3, 0.4) is 0 Å². The number of hydrogen-bond donors (Lipinski definition) is 0. The van der Waals surface area contributed by atoms with Gasteiger partial charge < -0.3 is 4.74 Å². The van der Waals surface area contributed by atoms with Gasteiger partial charge in [0, 0.05) is 11.1 Å². The number of hydrogen-bond acceptors (Lipinski definition) is 4. The second kappa shape index (κ2) is 6.85. The topological polar surface area (TPSA) is 41.9 Å². The molecule has 1 spiro atoms. The van der Waals surface area contributed by atoms with Gasteiger partial charge in [-0.15, -0.1) is 0 Å². The molecular weight excluding hydrogens is 363 g/mol. The Morgan fingerprint density at radius 2 is 1.74 bits per heavy atom. The van der Waals surface area contributed by atoms with Crippen molar-refractivity contribution in [3.8, 4) is 5.75 Å². The van der Waals surface area contributed by atoms with Gasteiger partial charge in [-0.2, -0.15) is 0 Å². The largest absolute Gasteiger partial charge is 0.497 e. The zero-order valence-electron chi connectivity index (χ0n) is 14.9. The molecule has 0 N–H and O–H groups in total. The second-order valence-corrected chi connectivity index (χ2v) is 7.22. The Morgan fingerprint density at radius 1 is 1.11 bits per heavy atom. The summed E-state index contributed by atoms with van der Waals surface area (Å²) in [5.41, 5.74) is 1.24. The lowest BCUT2D eigenvalue weighted by atomic mass is 10.1. The van der Waals surface area contributed by atoms with Crippen molar-refractivity contribution in [1.29, 1.82) is 0 Å². The number of carbonyl (C=O) groups is 1. The van der Waals surface area contributed by atoms with Gasteiger partial charge in [0.25, 0.3) is 5.91 Å². The molecule has 2 aromatic carbocycles. The molecule has 1 saturated carbocycles. The first-order chi connectivity index (χ1) is 13.0. The molecule has 1 fully saturated rings. The lowest BCUT2D eigenvalue weighted by molar-refractivity contribution is 0.0724. The number of ether oxygens (including phenoxy) is 1. The van der Waals surface area contributed by atoms with Crippen LogP contribution >= 0.6 is 12.2 Å². The predicted octanol–water partition coefficient (Wildman–Crippen LogP) is 4.38. The van der Waals surface area contributed by atoms with Crippen LogP contribution in [0.5, 0.6) is 5.75 Å². The summed E-state index contributed by atoms with van der Waals surface area (Å²) in [5.74, 6) is 0.213. The predicted molar refractivity (Wildman–Crippen MR) is 106 cm³/mol. The molecule has 1 heterocycles. The monoisotopic (exact) mass is 382 g/mol. The zero-order chi connectivity index (χ0) is 19.0. The molecule has 4 nitrogen and oxygen atoms in total. The van der Waals surface area contributed by atoms with E-state index >= 15 is 0 Å². The number of methoxy groups -OCH3 is 1. The third kappa shape index (κ3) is 3.04. The van der Waals surface area contributed by atoms with Crippen LogP contribution in [0.15, 0.2) is 53.5 Å². The standard InChI is InChI=1S/C21H19FN2O2S/c1-26-17-10-6-15(7-11-17)19(25)24-20(27)18(14-4-8-16(22)9-5-14)23-21(24)12-2-3-13-21/h4-11H,2-3,12-13H2,1H3. The van der Waals surface area contributed by atoms with E-state index in [4.69, 9.17) is 21.9 Å². The molecule has 0 atom stereocenters. The van der Waals surface area contributed by atoms with Crippen LogP contribution < -0.4 is 4.74 Å². The van der Waals surface area contributed by atoms with Gasteiger partial charge in [-0.1, -0.05) is 12.2 Å². The van der Waals surface area contributed by atoms with Crippen LogP contribution in [-0.2, 0) is 0 Å². The van der Waals surface area contributed by atoms with Crippen LogP contribution in [0.1, 0.15) is 41.6 Å². The summed E-state index contributed by atoms with van der Waals surface area (Å²) < 4.78 is 18.5. The van der Waals surface area contributed by atoms with Gasteiger partial charge in [0.1, 0.15) is 27.9 Å². The first-order valence-corrected chi connectivity index (χ1v) is 9.34. The molecule has 1 amide bonds. The third-order valence-electron chi connectivity index (χ3n) is 5.20. The molecule has 0 radical (unpaired) electrons. The summed E-state index contributed by atoms with van der Waals surface area (Å²) in [6.45, 7) is 0. The summed E-state index contributed by atoms with van der Waals surface area (Å²) in [4.78, 5) is 20.3. The van der Waals surface area contributed by atoms with Crippen molar-refractivity contribution in [2.75, 3.05) is 7.11 Å². The van der Waals surface area contributed by atoms with E-state index in [-0.39, 0.29) is 11.7 Å². The number of benzene rings is 2. The SMILES string of the molecule is COc1ccc(C(=O)N2C(=S)C(c3ccc(F)cc3)=NC23CCCC3)cc1. The second-order valence-electron chi connectivity index (χ2n) is 6.83. The molecule has 0 saturated heterocycles. The molecule has 1 aliphatic heterocycles. The number of amides is 1. The van der Waals surface area contributed by atoms with E-state index in [2.05, 4.69) is 0 Å². The maximum atomic E-state index is 13.3. The van der Waals surface area contributed by atoms with E-state index in [1.165, 1.54) is 12.1 Å². The van der Waals surface area contributed by atoms with Gasteiger partial charge in [0.2, 0.25) is 0 Å². The molecular formula is C21H19FN2O2S. The quantitative estimate of drug-likeness (QED) is 0.740. The summed E-state index contributed by atoms with van der Waals surface area (Å²) in [6, 6.07) is 13.1. The van der Waals surface area contributed by atoms with E-state index in [0.29, 0.717) is 22.0 Å². The minimum Gasteiger partial charge on any atom is -0.497 e. The van der Waals surface area contributed by atoms with Crippen molar-refractivity contribution >= 4 is 28.8 Å². The number of nitrogens with zero attached hydrogens (tertiary/aromatic N) is 2. The summed E-state index contributed by atoms with van der Waals surface area (Å²) in [6.07, 6.45) is 3.55. The molecule has 27 heavy (non-hydrogen) atoms. The van der Waals surface area contributed by atoms with Gasteiger partial charge in [-0.25, -0.2) is 4.39 Å². The molecule has 6 heteroatoms. The van der Waals surface area contributed by atoms with E-state index in [1.807, 2.05) is 0 Å². The molecule has 2 aromatic rings. The van der Waals surface area contributed by atoms with Gasteiger partial charge >= 0.3 is 0 Å².